The zero-order valence-electron chi connectivity index (χ0n) is 13.2. The number of aromatic nitrogens is 1. The van der Waals surface area contributed by atoms with Gasteiger partial charge >= 0.3 is 0 Å². The summed E-state index contributed by atoms with van der Waals surface area (Å²) in [4.78, 5) is 15.8. The Morgan fingerprint density at radius 2 is 1.87 bits per heavy atom. The minimum Gasteiger partial charge on any atom is -0.350 e. The first kappa shape index (κ1) is 15.6. The van der Waals surface area contributed by atoms with Crippen molar-refractivity contribution in [3.05, 3.63) is 59.2 Å². The van der Waals surface area contributed by atoms with Gasteiger partial charge in [-0.25, -0.2) is 0 Å². The summed E-state index contributed by atoms with van der Waals surface area (Å²) in [6.45, 7) is 4.79. The van der Waals surface area contributed by atoms with E-state index in [0.29, 0.717) is 23.2 Å². The summed E-state index contributed by atoms with van der Waals surface area (Å²) in [7, 11) is 0. The van der Waals surface area contributed by atoms with Crippen molar-refractivity contribution in [2.75, 3.05) is 6.54 Å². The number of nitrogens with one attached hydrogen (secondary N) is 2. The molecule has 3 nitrogen and oxygen atoms in total. The lowest BCUT2D eigenvalue weighted by atomic mass is 10.1. The summed E-state index contributed by atoms with van der Waals surface area (Å²) in [5.74, 6) is 0.316. The summed E-state index contributed by atoms with van der Waals surface area (Å²) in [6.07, 6.45) is 0. The van der Waals surface area contributed by atoms with Crippen molar-refractivity contribution >= 4 is 28.3 Å². The van der Waals surface area contributed by atoms with Crippen molar-refractivity contribution in [2.24, 2.45) is 5.92 Å². The van der Waals surface area contributed by atoms with Gasteiger partial charge in [0, 0.05) is 22.3 Å². The molecule has 1 aromatic heterocycles. The van der Waals surface area contributed by atoms with E-state index >= 15 is 0 Å². The molecule has 1 amide bonds. The van der Waals surface area contributed by atoms with Crippen LogP contribution in [0.3, 0.4) is 0 Å². The molecule has 2 aromatic carbocycles. The number of H-pyrrole nitrogens is 1. The van der Waals surface area contributed by atoms with Crippen molar-refractivity contribution in [3.8, 4) is 11.3 Å². The highest BCUT2D eigenvalue weighted by molar-refractivity contribution is 6.31. The van der Waals surface area contributed by atoms with Crippen LogP contribution in [0, 0.1) is 5.92 Å². The van der Waals surface area contributed by atoms with Crippen LogP contribution in [0.1, 0.15) is 24.3 Å². The van der Waals surface area contributed by atoms with Crippen LogP contribution < -0.4 is 5.32 Å². The van der Waals surface area contributed by atoms with Crippen LogP contribution in [-0.4, -0.2) is 17.4 Å². The van der Waals surface area contributed by atoms with Gasteiger partial charge in [0.25, 0.3) is 5.91 Å². The van der Waals surface area contributed by atoms with Gasteiger partial charge in [-0.15, -0.1) is 0 Å². The quantitative estimate of drug-likeness (QED) is 0.705. The number of carbonyl (C=O) groups is 1. The van der Waals surface area contributed by atoms with Crippen LogP contribution in [0.4, 0.5) is 0 Å². The number of aromatic amines is 1. The number of hydrogen-bond donors (Lipinski definition) is 2. The molecule has 0 aliphatic rings. The molecule has 0 atom stereocenters. The highest BCUT2D eigenvalue weighted by Gasteiger charge is 2.17. The lowest BCUT2D eigenvalue weighted by Gasteiger charge is -2.06. The first-order chi connectivity index (χ1) is 11.1. The summed E-state index contributed by atoms with van der Waals surface area (Å²) < 4.78 is 0. The number of rotatable bonds is 4. The predicted octanol–water partition coefficient (Wildman–Crippen LogP) is 4.87. The summed E-state index contributed by atoms with van der Waals surface area (Å²) >= 11 is 6.16. The molecule has 4 heteroatoms. The third kappa shape index (κ3) is 3.25. The fourth-order valence-electron chi connectivity index (χ4n) is 2.60. The Bertz CT molecular complexity index is 837. The predicted molar refractivity (Wildman–Crippen MR) is 95.9 cm³/mol. The summed E-state index contributed by atoms with van der Waals surface area (Å²) in [5, 5.41) is 5.46. The Hall–Kier alpha value is -2.26. The molecule has 3 rings (SSSR count). The minimum absolute atomic E-state index is 0.0896. The van der Waals surface area contributed by atoms with E-state index in [1.54, 1.807) is 0 Å². The molecule has 23 heavy (non-hydrogen) atoms. The van der Waals surface area contributed by atoms with Crippen molar-refractivity contribution in [1.29, 1.82) is 0 Å². The Labute approximate surface area is 140 Å². The highest BCUT2D eigenvalue weighted by atomic mass is 35.5. The van der Waals surface area contributed by atoms with E-state index in [-0.39, 0.29) is 5.91 Å². The molecule has 0 unspecified atom stereocenters. The fourth-order valence-corrected chi connectivity index (χ4v) is 2.77. The number of amides is 1. The van der Waals surface area contributed by atoms with Crippen molar-refractivity contribution < 1.29 is 4.79 Å². The molecule has 1 heterocycles. The molecule has 3 aromatic rings. The van der Waals surface area contributed by atoms with Gasteiger partial charge in [-0.3, -0.25) is 4.79 Å². The average molecular weight is 327 g/mol. The lowest BCUT2D eigenvalue weighted by molar-refractivity contribution is 0.0946. The first-order valence-corrected chi connectivity index (χ1v) is 8.09. The highest BCUT2D eigenvalue weighted by Crippen LogP contribution is 2.32. The van der Waals surface area contributed by atoms with Crippen LogP contribution in [0.25, 0.3) is 22.0 Å². The lowest BCUT2D eigenvalue weighted by Crippen LogP contribution is -2.27. The minimum atomic E-state index is -0.0896. The molecular weight excluding hydrogens is 308 g/mol. The van der Waals surface area contributed by atoms with Gasteiger partial charge in [-0.1, -0.05) is 61.8 Å². The molecule has 0 fully saturated rings. The molecular formula is C19H19ClN2O. The second-order valence-corrected chi connectivity index (χ2v) is 6.47. The molecule has 2 N–H and O–H groups in total. The number of hydrogen-bond acceptors (Lipinski definition) is 1. The van der Waals surface area contributed by atoms with Crippen molar-refractivity contribution in [2.45, 2.75) is 13.8 Å². The number of fused-ring (bicyclic) bond motifs is 1. The molecule has 0 radical (unpaired) electrons. The number of benzene rings is 2. The largest absolute Gasteiger partial charge is 0.350 e. The van der Waals surface area contributed by atoms with Gasteiger partial charge in [0.05, 0.1) is 5.69 Å². The fraction of sp³-hybridized carbons (Fsp3) is 0.211. The standard InChI is InChI=1S/C19H19ClN2O/c1-12(2)11-21-19(23)18-15-9-8-14(20)10-16(15)17(22-18)13-6-4-3-5-7-13/h3-10,12,22H,11H2,1-2H3,(H,21,23). The van der Waals surface area contributed by atoms with Gasteiger partial charge < -0.3 is 10.3 Å². The van der Waals surface area contributed by atoms with E-state index in [1.807, 2.05) is 48.5 Å². The topological polar surface area (TPSA) is 44.9 Å². The maximum Gasteiger partial charge on any atom is 0.268 e. The van der Waals surface area contributed by atoms with E-state index in [9.17, 15) is 4.79 Å². The second-order valence-electron chi connectivity index (χ2n) is 6.03. The van der Waals surface area contributed by atoms with E-state index in [2.05, 4.69) is 24.1 Å². The van der Waals surface area contributed by atoms with Gasteiger partial charge in [0.1, 0.15) is 5.69 Å². The maximum absolute atomic E-state index is 12.5. The normalized spacial score (nSPS) is 11.1. The average Bonchev–Trinajstić information content (AvgIpc) is 2.92. The second kappa shape index (κ2) is 6.47. The van der Waals surface area contributed by atoms with E-state index in [0.717, 1.165) is 22.0 Å². The third-order valence-corrected chi connectivity index (χ3v) is 3.97. The molecule has 0 saturated heterocycles. The molecule has 0 aliphatic heterocycles. The van der Waals surface area contributed by atoms with Crippen LogP contribution >= 0.6 is 11.6 Å². The number of halogens is 1. The zero-order chi connectivity index (χ0) is 16.4. The van der Waals surface area contributed by atoms with Crippen LogP contribution in [-0.2, 0) is 0 Å². The van der Waals surface area contributed by atoms with Crippen molar-refractivity contribution in [1.82, 2.24) is 10.3 Å². The van der Waals surface area contributed by atoms with E-state index in [4.69, 9.17) is 11.6 Å². The maximum atomic E-state index is 12.5. The third-order valence-electron chi connectivity index (χ3n) is 3.73. The van der Waals surface area contributed by atoms with Crippen molar-refractivity contribution in [3.63, 3.8) is 0 Å². The summed E-state index contributed by atoms with van der Waals surface area (Å²) in [5.41, 5.74) is 2.52. The molecule has 0 spiro atoms. The molecule has 0 saturated carbocycles. The van der Waals surface area contributed by atoms with Crippen LogP contribution in [0.15, 0.2) is 48.5 Å². The van der Waals surface area contributed by atoms with E-state index in [1.165, 1.54) is 0 Å². The van der Waals surface area contributed by atoms with E-state index < -0.39 is 0 Å². The SMILES string of the molecule is CC(C)CNC(=O)c1[nH]c(-c2ccccc2)c2cc(Cl)ccc12. The van der Waals surface area contributed by atoms with Crippen LogP contribution in [0.5, 0.6) is 0 Å². The smallest absolute Gasteiger partial charge is 0.268 e. The Kier molecular flexibility index (Phi) is 4.39. The molecule has 118 valence electrons. The zero-order valence-corrected chi connectivity index (χ0v) is 13.9. The Morgan fingerprint density at radius 3 is 2.57 bits per heavy atom. The Balaban J connectivity index is 2.11. The number of carbonyl (C=O) groups excluding carboxylic acids is 1. The first-order valence-electron chi connectivity index (χ1n) is 7.71. The summed E-state index contributed by atoms with van der Waals surface area (Å²) in [6, 6.07) is 15.6. The van der Waals surface area contributed by atoms with Gasteiger partial charge in [-0.2, -0.15) is 0 Å². The van der Waals surface area contributed by atoms with Gasteiger partial charge in [0.15, 0.2) is 0 Å². The molecule has 0 aliphatic carbocycles. The Morgan fingerprint density at radius 1 is 1.13 bits per heavy atom. The van der Waals surface area contributed by atoms with Gasteiger partial charge in [0.2, 0.25) is 0 Å². The monoisotopic (exact) mass is 326 g/mol. The van der Waals surface area contributed by atoms with Gasteiger partial charge in [-0.05, 0) is 23.6 Å². The molecule has 0 bridgehead atoms. The van der Waals surface area contributed by atoms with Crippen LogP contribution in [0.2, 0.25) is 5.02 Å².